The van der Waals surface area contributed by atoms with Crippen molar-refractivity contribution < 1.29 is 13.9 Å². The van der Waals surface area contributed by atoms with Crippen LogP contribution in [-0.4, -0.2) is 25.2 Å². The van der Waals surface area contributed by atoms with Gasteiger partial charge in [0.2, 0.25) is 0 Å². The molecule has 0 aliphatic heterocycles. The fraction of sp³-hybridized carbons (Fsp3) is 0.222. The number of halogens is 2. The molecule has 4 rings (SSSR count). The van der Waals surface area contributed by atoms with Crippen molar-refractivity contribution in [3.63, 3.8) is 0 Å². The van der Waals surface area contributed by atoms with E-state index < -0.39 is 5.60 Å². The Morgan fingerprint density at radius 3 is 2.64 bits per heavy atom. The molecule has 0 radical (unpaired) electrons. The van der Waals surface area contributed by atoms with Crippen molar-refractivity contribution in [1.29, 1.82) is 0 Å². The summed E-state index contributed by atoms with van der Waals surface area (Å²) in [4.78, 5) is 13.8. The summed E-state index contributed by atoms with van der Waals surface area (Å²) < 4.78 is 20.3. The molecule has 1 heterocycles. The first-order valence-electron chi connectivity index (χ1n) is 10.6. The molecule has 6 heteroatoms. The number of nitrogens with one attached hydrogen (secondary N) is 1. The molecule has 0 fully saturated rings. The van der Waals surface area contributed by atoms with Gasteiger partial charge in [0.25, 0.3) is 5.91 Å². The Morgan fingerprint density at radius 2 is 1.88 bits per heavy atom. The summed E-state index contributed by atoms with van der Waals surface area (Å²) in [6.45, 7) is 4.27. The molecule has 3 aromatic carbocycles. The minimum atomic E-state index is -0.432. The maximum absolute atomic E-state index is 13.7. The zero-order valence-electron chi connectivity index (χ0n) is 18.7. The summed E-state index contributed by atoms with van der Waals surface area (Å²) in [5.41, 5.74) is 3.04. The van der Waals surface area contributed by atoms with Crippen molar-refractivity contribution in [1.82, 2.24) is 5.32 Å². The van der Waals surface area contributed by atoms with E-state index in [1.54, 1.807) is 24.5 Å². The lowest BCUT2D eigenvalue weighted by Crippen LogP contribution is -2.39. The predicted octanol–water partition coefficient (Wildman–Crippen LogP) is 7.11. The molecule has 0 aliphatic carbocycles. The third-order valence-electron chi connectivity index (χ3n) is 5.56. The monoisotopic (exact) mass is 481 g/mol. The van der Waals surface area contributed by atoms with Crippen LogP contribution in [0.5, 0.6) is 0 Å². The van der Waals surface area contributed by atoms with E-state index in [1.807, 2.05) is 44.2 Å². The van der Waals surface area contributed by atoms with Crippen LogP contribution in [0.25, 0.3) is 21.2 Å². The van der Waals surface area contributed by atoms with Gasteiger partial charge in [0.1, 0.15) is 5.82 Å². The fourth-order valence-electron chi connectivity index (χ4n) is 3.64. The molecule has 0 saturated heterocycles. The molecule has 0 spiro atoms. The van der Waals surface area contributed by atoms with E-state index in [0.717, 1.165) is 31.7 Å². The van der Waals surface area contributed by atoms with Crippen LogP contribution in [0, 0.1) is 5.82 Å². The molecule has 170 valence electrons. The van der Waals surface area contributed by atoms with E-state index in [0.29, 0.717) is 23.6 Å². The van der Waals surface area contributed by atoms with Gasteiger partial charge in [0.15, 0.2) is 0 Å². The first-order chi connectivity index (χ1) is 15.7. The molecular weight excluding hydrogens is 457 g/mol. The second-order valence-corrected chi connectivity index (χ2v) is 10.2. The second-order valence-electron chi connectivity index (χ2n) is 8.62. The molecule has 0 saturated carbocycles. The van der Waals surface area contributed by atoms with Crippen LogP contribution in [0.1, 0.15) is 34.6 Å². The third kappa shape index (κ3) is 5.61. The first-order valence-corrected chi connectivity index (χ1v) is 11.8. The zero-order chi connectivity index (χ0) is 23.6. The number of thiophene rings is 1. The number of ether oxygens (including phenoxy) is 1. The molecule has 33 heavy (non-hydrogen) atoms. The van der Waals surface area contributed by atoms with Gasteiger partial charge in [0.05, 0.1) is 5.60 Å². The van der Waals surface area contributed by atoms with Gasteiger partial charge in [-0.25, -0.2) is 4.39 Å². The van der Waals surface area contributed by atoms with Gasteiger partial charge >= 0.3 is 0 Å². The van der Waals surface area contributed by atoms with Gasteiger partial charge in [-0.05, 0) is 72.3 Å². The maximum Gasteiger partial charge on any atom is 0.251 e. The van der Waals surface area contributed by atoms with Crippen molar-refractivity contribution in [2.45, 2.75) is 25.9 Å². The number of carbonyl (C=O) groups is 1. The lowest BCUT2D eigenvalue weighted by atomic mass is 10.0. The average Bonchev–Trinajstić information content (AvgIpc) is 3.19. The molecule has 4 aromatic rings. The Labute approximate surface area is 202 Å². The Morgan fingerprint density at radius 1 is 1.09 bits per heavy atom. The van der Waals surface area contributed by atoms with Gasteiger partial charge in [0, 0.05) is 40.2 Å². The maximum atomic E-state index is 13.7. The fourth-order valence-corrected chi connectivity index (χ4v) is 5.11. The highest BCUT2D eigenvalue weighted by Crippen LogP contribution is 2.36. The first kappa shape index (κ1) is 23.4. The number of hydrogen-bond donors (Lipinski definition) is 1. The van der Waals surface area contributed by atoms with Crippen LogP contribution in [0.4, 0.5) is 4.39 Å². The predicted molar refractivity (Wildman–Crippen MR) is 135 cm³/mol. The van der Waals surface area contributed by atoms with Gasteiger partial charge in [-0.3, -0.25) is 4.79 Å². The van der Waals surface area contributed by atoms with Crippen molar-refractivity contribution in [3.8, 4) is 11.1 Å². The summed E-state index contributed by atoms with van der Waals surface area (Å²) in [5.74, 6) is -0.465. The molecule has 0 aliphatic rings. The summed E-state index contributed by atoms with van der Waals surface area (Å²) in [6.07, 6.45) is 0.605. The Bertz CT molecular complexity index is 1290. The van der Waals surface area contributed by atoms with E-state index in [4.69, 9.17) is 16.3 Å². The highest BCUT2D eigenvalue weighted by molar-refractivity contribution is 7.19. The molecular formula is C27H25ClFNO2S. The Hall–Kier alpha value is -2.73. The van der Waals surface area contributed by atoms with Crippen LogP contribution in [0.2, 0.25) is 5.02 Å². The number of benzene rings is 3. The Kier molecular flexibility index (Phi) is 6.84. The number of methoxy groups -OCH3 is 1. The number of hydrogen-bond acceptors (Lipinski definition) is 3. The van der Waals surface area contributed by atoms with Gasteiger partial charge in [-0.2, -0.15) is 0 Å². The van der Waals surface area contributed by atoms with Gasteiger partial charge in [-0.15, -0.1) is 11.3 Å². The topological polar surface area (TPSA) is 38.3 Å². The van der Waals surface area contributed by atoms with Crippen LogP contribution in [-0.2, 0) is 11.2 Å². The van der Waals surface area contributed by atoms with Crippen LogP contribution >= 0.6 is 22.9 Å². The van der Waals surface area contributed by atoms with Crippen LogP contribution in [0.3, 0.4) is 0 Å². The number of carbonyl (C=O) groups excluding carboxylic acids is 1. The second kappa shape index (κ2) is 9.64. The van der Waals surface area contributed by atoms with Gasteiger partial charge < -0.3 is 10.1 Å². The summed E-state index contributed by atoms with van der Waals surface area (Å²) >= 11 is 7.69. The number of fused-ring (bicyclic) bond motifs is 1. The highest BCUT2D eigenvalue weighted by atomic mass is 35.5. The van der Waals surface area contributed by atoms with Crippen molar-refractivity contribution in [2.75, 3.05) is 13.7 Å². The van der Waals surface area contributed by atoms with Crippen molar-refractivity contribution in [2.24, 2.45) is 0 Å². The number of amides is 1. The van der Waals surface area contributed by atoms with E-state index in [2.05, 4.69) is 23.5 Å². The molecule has 0 unspecified atom stereocenters. The molecule has 0 atom stereocenters. The smallest absolute Gasteiger partial charge is 0.251 e. The molecule has 1 N–H and O–H groups in total. The summed E-state index contributed by atoms with van der Waals surface area (Å²) in [7, 11) is 1.63. The molecule has 1 aromatic heterocycles. The lowest BCUT2D eigenvalue weighted by Gasteiger charge is -2.23. The number of rotatable bonds is 7. The average molecular weight is 482 g/mol. The van der Waals surface area contributed by atoms with Crippen molar-refractivity contribution >= 4 is 38.9 Å². The van der Waals surface area contributed by atoms with Gasteiger partial charge in [-0.1, -0.05) is 41.9 Å². The standard InChI is InChI=1S/C27H25ClFNO2S/c1-27(2,32-3)16-30-26(31)20-8-4-6-18(13-20)24-9-5-7-19-14-23(33-25(19)24)12-17-10-21(28)15-22(29)11-17/h4-11,13-15H,12,16H2,1-3H3,(H,30,31). The SMILES string of the molecule is COC(C)(C)CNC(=O)c1cccc(-c2cccc3cc(Cc4cc(F)cc(Cl)c4)sc23)c1. The normalized spacial score (nSPS) is 11.7. The largest absolute Gasteiger partial charge is 0.377 e. The van der Waals surface area contributed by atoms with Crippen LogP contribution < -0.4 is 5.32 Å². The zero-order valence-corrected chi connectivity index (χ0v) is 20.3. The highest BCUT2D eigenvalue weighted by Gasteiger charge is 2.18. The third-order valence-corrected chi connectivity index (χ3v) is 6.96. The minimum Gasteiger partial charge on any atom is -0.377 e. The van der Waals surface area contributed by atoms with E-state index >= 15 is 0 Å². The summed E-state index contributed by atoms with van der Waals surface area (Å²) in [5, 5.41) is 4.46. The quantitative estimate of drug-likeness (QED) is 0.305. The van der Waals surface area contributed by atoms with E-state index in [1.165, 1.54) is 12.1 Å². The summed E-state index contributed by atoms with van der Waals surface area (Å²) in [6, 6.07) is 20.5. The minimum absolute atomic E-state index is 0.135. The van der Waals surface area contributed by atoms with E-state index in [-0.39, 0.29) is 11.7 Å². The van der Waals surface area contributed by atoms with E-state index in [9.17, 15) is 9.18 Å². The molecule has 0 bridgehead atoms. The lowest BCUT2D eigenvalue weighted by molar-refractivity contribution is 0.0229. The molecule has 3 nitrogen and oxygen atoms in total. The van der Waals surface area contributed by atoms with Crippen molar-refractivity contribution in [3.05, 3.63) is 93.6 Å². The Balaban J connectivity index is 1.62. The molecule has 1 amide bonds. The van der Waals surface area contributed by atoms with Crippen LogP contribution in [0.15, 0.2) is 66.7 Å².